The summed E-state index contributed by atoms with van der Waals surface area (Å²) in [4.78, 5) is 4.41. The summed E-state index contributed by atoms with van der Waals surface area (Å²) in [5.74, 6) is 0.689. The van der Waals surface area contributed by atoms with E-state index in [1.165, 1.54) is 0 Å². The number of anilines is 1. The predicted molar refractivity (Wildman–Crippen MR) is 65.5 cm³/mol. The van der Waals surface area contributed by atoms with Crippen molar-refractivity contribution in [1.82, 2.24) is 14.6 Å². The van der Waals surface area contributed by atoms with Gasteiger partial charge in [-0.05, 0) is 24.5 Å². The lowest BCUT2D eigenvalue weighted by Gasteiger charge is -2.27. The zero-order valence-electron chi connectivity index (χ0n) is 10.2. The highest BCUT2D eigenvalue weighted by molar-refractivity contribution is 5.43. The summed E-state index contributed by atoms with van der Waals surface area (Å²) in [6, 6.07) is 6.17. The molecule has 0 aromatic carbocycles. The van der Waals surface area contributed by atoms with Crippen LogP contribution in [0.1, 0.15) is 27.7 Å². The standard InChI is InChI=1S/C12H18N4/c1-9(12(2,3)4)13-11-14-10-7-5-6-8-16(10)15-11/h5-9H,1-4H3,(H,13,15). The van der Waals surface area contributed by atoms with Crippen molar-refractivity contribution < 1.29 is 0 Å². The van der Waals surface area contributed by atoms with Crippen LogP contribution in [0.5, 0.6) is 0 Å². The van der Waals surface area contributed by atoms with Crippen LogP contribution in [0.2, 0.25) is 0 Å². The van der Waals surface area contributed by atoms with Crippen molar-refractivity contribution in [2.24, 2.45) is 5.41 Å². The maximum Gasteiger partial charge on any atom is 0.243 e. The third kappa shape index (κ3) is 2.15. The molecule has 0 spiro atoms. The van der Waals surface area contributed by atoms with Gasteiger partial charge in [0.05, 0.1) is 0 Å². The summed E-state index contributed by atoms with van der Waals surface area (Å²) in [5.41, 5.74) is 1.06. The van der Waals surface area contributed by atoms with Crippen molar-refractivity contribution in [3.63, 3.8) is 0 Å². The van der Waals surface area contributed by atoms with Crippen molar-refractivity contribution in [3.8, 4) is 0 Å². The first-order valence-electron chi connectivity index (χ1n) is 5.55. The maximum atomic E-state index is 4.41. The van der Waals surface area contributed by atoms with Crippen LogP contribution in [-0.2, 0) is 0 Å². The zero-order chi connectivity index (χ0) is 11.8. The molecule has 0 aliphatic heterocycles. The zero-order valence-corrected chi connectivity index (χ0v) is 10.2. The summed E-state index contributed by atoms with van der Waals surface area (Å²) in [6.45, 7) is 8.73. The molecule has 2 rings (SSSR count). The average Bonchev–Trinajstić information content (AvgIpc) is 2.58. The third-order valence-corrected chi connectivity index (χ3v) is 2.89. The van der Waals surface area contributed by atoms with Crippen LogP contribution in [0, 0.1) is 5.41 Å². The van der Waals surface area contributed by atoms with Gasteiger partial charge in [0.25, 0.3) is 0 Å². The van der Waals surface area contributed by atoms with Gasteiger partial charge in [0.1, 0.15) is 0 Å². The number of aromatic nitrogens is 3. The van der Waals surface area contributed by atoms with E-state index in [9.17, 15) is 0 Å². The summed E-state index contributed by atoms with van der Waals surface area (Å²) in [5, 5.41) is 7.69. The summed E-state index contributed by atoms with van der Waals surface area (Å²) in [7, 11) is 0. The Morgan fingerprint density at radius 3 is 2.69 bits per heavy atom. The molecular formula is C12H18N4. The lowest BCUT2D eigenvalue weighted by Crippen LogP contribution is -2.31. The smallest absolute Gasteiger partial charge is 0.243 e. The van der Waals surface area contributed by atoms with E-state index >= 15 is 0 Å². The van der Waals surface area contributed by atoms with Gasteiger partial charge in [-0.25, -0.2) is 4.52 Å². The highest BCUT2D eigenvalue weighted by Gasteiger charge is 2.20. The van der Waals surface area contributed by atoms with E-state index in [2.05, 4.69) is 43.1 Å². The molecule has 1 N–H and O–H groups in total. The molecule has 1 unspecified atom stereocenters. The largest absolute Gasteiger partial charge is 0.350 e. The minimum atomic E-state index is 0.192. The van der Waals surface area contributed by atoms with E-state index in [1.54, 1.807) is 4.52 Å². The van der Waals surface area contributed by atoms with Crippen LogP contribution >= 0.6 is 0 Å². The van der Waals surface area contributed by atoms with Crippen LogP contribution in [0.25, 0.3) is 5.65 Å². The van der Waals surface area contributed by atoms with E-state index < -0.39 is 0 Å². The van der Waals surface area contributed by atoms with Crippen molar-refractivity contribution >= 4 is 11.6 Å². The van der Waals surface area contributed by atoms with Crippen LogP contribution in [0.3, 0.4) is 0 Å². The van der Waals surface area contributed by atoms with E-state index in [1.807, 2.05) is 24.4 Å². The second kappa shape index (κ2) is 3.77. The summed E-state index contributed by atoms with van der Waals surface area (Å²) in [6.07, 6.45) is 1.90. The molecule has 0 aliphatic rings. The Balaban J connectivity index is 2.22. The number of rotatable bonds is 2. The van der Waals surface area contributed by atoms with Gasteiger partial charge in [0, 0.05) is 12.2 Å². The van der Waals surface area contributed by atoms with E-state index in [4.69, 9.17) is 0 Å². The molecule has 4 nitrogen and oxygen atoms in total. The van der Waals surface area contributed by atoms with Gasteiger partial charge in [0.15, 0.2) is 5.65 Å². The fourth-order valence-corrected chi connectivity index (χ4v) is 1.30. The molecule has 2 heterocycles. The second-order valence-electron chi connectivity index (χ2n) is 5.17. The molecule has 0 amide bonds. The number of pyridine rings is 1. The summed E-state index contributed by atoms with van der Waals surface area (Å²) < 4.78 is 1.78. The van der Waals surface area contributed by atoms with Gasteiger partial charge in [-0.1, -0.05) is 26.8 Å². The number of nitrogens with one attached hydrogen (secondary N) is 1. The minimum absolute atomic E-state index is 0.192. The van der Waals surface area contributed by atoms with E-state index in [0.29, 0.717) is 12.0 Å². The molecule has 0 radical (unpaired) electrons. The molecule has 2 aromatic heterocycles. The molecule has 0 saturated carbocycles. The van der Waals surface area contributed by atoms with Crippen LogP contribution in [-0.4, -0.2) is 20.6 Å². The molecular weight excluding hydrogens is 200 g/mol. The fraction of sp³-hybridized carbons (Fsp3) is 0.500. The maximum absolute atomic E-state index is 4.41. The lowest BCUT2D eigenvalue weighted by molar-refractivity contribution is 0.358. The third-order valence-electron chi connectivity index (χ3n) is 2.89. The monoisotopic (exact) mass is 218 g/mol. The van der Waals surface area contributed by atoms with Crippen molar-refractivity contribution in [2.45, 2.75) is 33.7 Å². The minimum Gasteiger partial charge on any atom is -0.350 e. The first-order chi connectivity index (χ1) is 7.47. The first-order valence-corrected chi connectivity index (χ1v) is 5.55. The van der Waals surface area contributed by atoms with Gasteiger partial charge < -0.3 is 5.32 Å². The number of fused-ring (bicyclic) bond motifs is 1. The fourth-order valence-electron chi connectivity index (χ4n) is 1.30. The molecule has 1 atom stereocenters. The Morgan fingerprint density at radius 1 is 1.31 bits per heavy atom. The number of hydrogen-bond acceptors (Lipinski definition) is 3. The number of nitrogens with zero attached hydrogens (tertiary/aromatic N) is 3. The Labute approximate surface area is 95.7 Å². The second-order valence-corrected chi connectivity index (χ2v) is 5.17. The molecule has 0 bridgehead atoms. The Hall–Kier alpha value is -1.58. The van der Waals surface area contributed by atoms with Crippen LogP contribution < -0.4 is 5.32 Å². The van der Waals surface area contributed by atoms with Crippen LogP contribution in [0.4, 0.5) is 5.95 Å². The molecule has 86 valence electrons. The normalized spacial score (nSPS) is 14.0. The van der Waals surface area contributed by atoms with Gasteiger partial charge in [0.2, 0.25) is 5.95 Å². The molecule has 0 saturated heterocycles. The van der Waals surface area contributed by atoms with E-state index in [0.717, 1.165) is 5.65 Å². The van der Waals surface area contributed by atoms with Gasteiger partial charge in [-0.3, -0.25) is 0 Å². The number of hydrogen-bond donors (Lipinski definition) is 1. The van der Waals surface area contributed by atoms with Gasteiger partial charge >= 0.3 is 0 Å². The molecule has 0 fully saturated rings. The Morgan fingerprint density at radius 2 is 2.06 bits per heavy atom. The molecule has 0 aliphatic carbocycles. The predicted octanol–water partition coefficient (Wildman–Crippen LogP) is 2.58. The Kier molecular flexibility index (Phi) is 2.58. The van der Waals surface area contributed by atoms with Crippen molar-refractivity contribution in [1.29, 1.82) is 0 Å². The van der Waals surface area contributed by atoms with Crippen molar-refractivity contribution in [3.05, 3.63) is 24.4 Å². The van der Waals surface area contributed by atoms with Crippen LogP contribution in [0.15, 0.2) is 24.4 Å². The average molecular weight is 218 g/mol. The quantitative estimate of drug-likeness (QED) is 0.842. The van der Waals surface area contributed by atoms with Crippen molar-refractivity contribution in [2.75, 3.05) is 5.32 Å². The van der Waals surface area contributed by atoms with E-state index in [-0.39, 0.29) is 5.41 Å². The highest BCUT2D eigenvalue weighted by atomic mass is 15.3. The SMILES string of the molecule is CC(Nc1nc2ccccn2n1)C(C)(C)C. The molecule has 16 heavy (non-hydrogen) atoms. The molecule has 4 heteroatoms. The molecule has 2 aromatic rings. The summed E-state index contributed by atoms with van der Waals surface area (Å²) >= 11 is 0. The Bertz CT molecular complexity index is 448. The highest BCUT2D eigenvalue weighted by Crippen LogP contribution is 2.21. The first kappa shape index (κ1) is 10.9. The lowest BCUT2D eigenvalue weighted by atomic mass is 9.88. The van der Waals surface area contributed by atoms with Gasteiger partial charge in [-0.15, -0.1) is 5.10 Å². The topological polar surface area (TPSA) is 42.2 Å². The van der Waals surface area contributed by atoms with Gasteiger partial charge in [-0.2, -0.15) is 4.98 Å².